The first-order valence-electron chi connectivity index (χ1n) is 34.2. The Kier molecular flexibility index (Phi) is 29.0. The van der Waals surface area contributed by atoms with Crippen LogP contribution in [0.1, 0.15) is 181 Å². The van der Waals surface area contributed by atoms with E-state index in [0.717, 1.165) is 59.6 Å². The van der Waals surface area contributed by atoms with Gasteiger partial charge in [-0.15, -0.1) is 23.9 Å². The van der Waals surface area contributed by atoms with Gasteiger partial charge in [0.25, 0.3) is 0 Å². The van der Waals surface area contributed by atoms with Crippen molar-refractivity contribution >= 4 is 99.2 Å². The molecule has 27 heteroatoms. The van der Waals surface area contributed by atoms with Gasteiger partial charge in [-0.05, 0) is 140 Å². The van der Waals surface area contributed by atoms with Crippen molar-refractivity contribution in [2.24, 2.45) is 29.6 Å². The van der Waals surface area contributed by atoms with Gasteiger partial charge in [0.15, 0.2) is 0 Å². The molecule has 0 aromatic heterocycles. The van der Waals surface area contributed by atoms with Crippen molar-refractivity contribution < 1.29 is 65.9 Å². The van der Waals surface area contributed by atoms with Gasteiger partial charge in [-0.25, -0.2) is 0 Å². The number of carbonyl (C=O) groups is 11. The van der Waals surface area contributed by atoms with Crippen LogP contribution in [0.5, 0.6) is 0 Å². The Bertz CT molecular complexity index is 2740. The summed E-state index contributed by atoms with van der Waals surface area (Å²) in [6, 6.07) is -7.71. The van der Waals surface area contributed by atoms with Crippen LogP contribution < -0.4 is 21.3 Å². The Labute approximate surface area is 572 Å². The maximum absolute atomic E-state index is 15.3. The van der Waals surface area contributed by atoms with Crippen molar-refractivity contribution in [1.29, 1.82) is 0 Å². The maximum Gasteiger partial charge on any atom is 0.393 e. The summed E-state index contributed by atoms with van der Waals surface area (Å²) in [5.41, 5.74) is -1.48. The van der Waals surface area contributed by atoms with Gasteiger partial charge in [-0.2, -0.15) is 13.2 Å². The number of hydrogen-bond acceptors (Lipinski definition) is 11. The van der Waals surface area contributed by atoms with Crippen LogP contribution in [0.15, 0.2) is 0 Å². The zero-order valence-electron chi connectivity index (χ0n) is 56.7. The van der Waals surface area contributed by atoms with E-state index >= 15 is 9.59 Å². The van der Waals surface area contributed by atoms with Crippen LogP contribution in [0.3, 0.4) is 0 Å². The lowest BCUT2D eigenvalue weighted by Gasteiger charge is -2.41. The van der Waals surface area contributed by atoms with E-state index in [-0.39, 0.29) is 101 Å². The number of likely N-dealkylation sites (N-methyl/N-ethyl adjacent to an activating group) is 6. The normalized spacial score (nSPS) is 31.4. The van der Waals surface area contributed by atoms with Gasteiger partial charge >= 0.3 is 6.18 Å². The summed E-state index contributed by atoms with van der Waals surface area (Å²) >= 11 is 8.78. The highest BCUT2D eigenvalue weighted by Gasteiger charge is 2.51. The topological polar surface area (TPSA) is 259 Å². The molecule has 2 saturated heterocycles. The van der Waals surface area contributed by atoms with Crippen molar-refractivity contribution in [1.82, 2.24) is 55.6 Å². The van der Waals surface area contributed by atoms with Crippen LogP contribution in [0.2, 0.25) is 0 Å². The molecular formula is C67H104ClF3IN11O11. The number of amides is 11. The van der Waals surface area contributed by atoms with E-state index in [9.17, 15) is 56.3 Å². The number of fused-ring (bicyclic) bond motifs is 1. The Morgan fingerprint density at radius 2 is 1.27 bits per heavy atom. The maximum atomic E-state index is 15.3. The third-order valence-electron chi connectivity index (χ3n) is 21.1. The number of alkyl halides is 5. The molecule has 6 aliphatic rings. The van der Waals surface area contributed by atoms with Crippen LogP contribution in [0.4, 0.5) is 13.2 Å². The molecule has 6 fully saturated rings. The molecule has 22 nitrogen and oxygen atoms in total. The first-order chi connectivity index (χ1) is 44.3. The third-order valence-corrected chi connectivity index (χ3v) is 22.9. The molecule has 3 unspecified atom stereocenters. The lowest BCUT2D eigenvalue weighted by atomic mass is 9.78. The molecule has 0 bridgehead atoms. The van der Waals surface area contributed by atoms with E-state index in [0.29, 0.717) is 42.4 Å². The Balaban J connectivity index is 1.36. The summed E-state index contributed by atoms with van der Waals surface area (Å²) in [4.78, 5) is 170. The van der Waals surface area contributed by atoms with Gasteiger partial charge in [0.2, 0.25) is 65.0 Å². The fourth-order valence-electron chi connectivity index (χ4n) is 15.0. The minimum Gasteiger partial charge on any atom is -0.351 e. The molecule has 4 N–H and O–H groups in total. The summed E-state index contributed by atoms with van der Waals surface area (Å²) in [5, 5.41) is 10.5. The molecular weight excluding hydrogens is 1350 g/mol. The van der Waals surface area contributed by atoms with Crippen molar-refractivity contribution in [3.63, 3.8) is 0 Å². The zero-order chi connectivity index (χ0) is 69.5. The minimum atomic E-state index is -4.50. The summed E-state index contributed by atoms with van der Waals surface area (Å²) in [5.74, 6) is -6.91. The van der Waals surface area contributed by atoms with Crippen LogP contribution in [0, 0.1) is 41.9 Å². The number of terminal acetylenes is 1. The van der Waals surface area contributed by atoms with Crippen molar-refractivity contribution in [2.75, 3.05) is 68.5 Å². The molecule has 528 valence electrons. The molecule has 94 heavy (non-hydrogen) atoms. The summed E-state index contributed by atoms with van der Waals surface area (Å²) in [6.45, 7) is 3.73. The fraction of sp³-hybridized carbons (Fsp3) is 0.806. The SMILES string of the molecule is C#CCC[C@H]1C(=O)N[C@@H]([C@@H](C)CC)C(=O)N(C)CC(=O)N(C)CC(=O)N(C)[C@@H](CC2CCC(I)CC2)C(=O)N(C)CC(=O)N[C@@H](CCC2CCC(C(F)(F)F)C(Cl)C2)C(=O)N2CCC[C@H]2C(=O)NC2(CCCC2)C(=O)N(C)[C@@H](C2CCCCC2)C(=O)N[C@H](C)CC(=O)N1C. The molecule has 1 spiro atoms. The Morgan fingerprint density at radius 3 is 1.88 bits per heavy atom. The molecule has 6 rings (SSSR count). The first-order valence-corrected chi connectivity index (χ1v) is 35.8. The summed E-state index contributed by atoms with van der Waals surface area (Å²) < 4.78 is 42.3. The second-order valence-corrected chi connectivity index (χ2v) is 30.4. The van der Waals surface area contributed by atoms with E-state index in [2.05, 4.69) is 49.8 Å². The van der Waals surface area contributed by atoms with Crippen molar-refractivity contribution in [2.45, 2.75) is 245 Å². The highest BCUT2D eigenvalue weighted by atomic mass is 127. The fourth-order valence-corrected chi connectivity index (χ4v) is 16.3. The van der Waals surface area contributed by atoms with E-state index < -0.39 is 156 Å². The Hall–Kier alpha value is -5.46. The second kappa shape index (κ2) is 35.2. The van der Waals surface area contributed by atoms with Crippen LogP contribution in [-0.2, 0) is 52.7 Å². The van der Waals surface area contributed by atoms with Crippen LogP contribution in [-0.4, -0.2) is 231 Å². The number of carbonyl (C=O) groups excluding carboxylic acids is 11. The second-order valence-electron chi connectivity index (χ2n) is 28.0. The molecule has 2 aliphatic heterocycles. The molecule has 4 saturated carbocycles. The van der Waals surface area contributed by atoms with Gasteiger partial charge in [-0.3, -0.25) is 52.7 Å². The third kappa shape index (κ3) is 20.3. The zero-order valence-corrected chi connectivity index (χ0v) is 59.6. The molecule has 11 amide bonds. The van der Waals surface area contributed by atoms with Gasteiger partial charge in [0.1, 0.15) is 41.8 Å². The quantitative estimate of drug-likeness (QED) is 0.113. The number of nitrogens with one attached hydrogen (secondary N) is 4. The predicted molar refractivity (Wildman–Crippen MR) is 357 cm³/mol. The lowest BCUT2D eigenvalue weighted by Crippen LogP contribution is -2.64. The van der Waals surface area contributed by atoms with E-state index in [1.807, 2.05) is 6.92 Å². The average molecular weight is 1460 g/mol. The number of rotatable bonds is 10. The van der Waals surface area contributed by atoms with Crippen molar-refractivity contribution in [3.05, 3.63) is 0 Å². The van der Waals surface area contributed by atoms with Gasteiger partial charge < -0.3 is 55.6 Å². The number of hydrogen-bond donors (Lipinski definition) is 4. The van der Waals surface area contributed by atoms with E-state index in [1.54, 1.807) is 20.9 Å². The molecule has 0 aromatic carbocycles. The smallest absolute Gasteiger partial charge is 0.351 e. The molecule has 11 atom stereocenters. The standard InChI is InChI=1S/C67H104ClF3IN11O11/c1-11-13-22-50-59(88)75-57(41(3)12-2)64(93)79(7)39-55(86)77(5)40-56(87)81(9)52(37-44-24-28-46(72)29-25-44)63(92)78(6)38-53(84)74-49(31-27-43-26-30-47(48(68)36-43)67(69,70)71)62(91)83-34-19-23-51(83)60(89)76-66(32-17-18-33-66)65(94)82(10)58(45-20-15-14-16-21-45)61(90)73-42(4)35-54(85)80(50)8/h1,41-52,57-58H,12-40H2,2-10H3,(H,73,90)(H,74,84)(H,75,88)(H,76,89)/t41-,42+,43?,44?,46?,47?,48?,49-,50-,51-,52-,57-,58-/m0/s1. The lowest BCUT2D eigenvalue weighted by molar-refractivity contribution is -0.182. The van der Waals surface area contributed by atoms with Crippen LogP contribution >= 0.6 is 34.2 Å². The summed E-state index contributed by atoms with van der Waals surface area (Å²) in [7, 11) is 8.62. The average Bonchev–Trinajstić information content (AvgIpc) is 1.50. The number of halogens is 5. The van der Waals surface area contributed by atoms with Crippen molar-refractivity contribution in [3.8, 4) is 12.3 Å². The highest BCUT2D eigenvalue weighted by Crippen LogP contribution is 2.44. The van der Waals surface area contributed by atoms with Gasteiger partial charge in [-0.1, -0.05) is 75.0 Å². The first kappa shape index (κ1) is 77.5. The molecule has 0 radical (unpaired) electrons. The van der Waals surface area contributed by atoms with Gasteiger partial charge in [0.05, 0.1) is 25.6 Å². The minimum absolute atomic E-state index is 0.0127. The molecule has 0 aromatic rings. The Morgan fingerprint density at radius 1 is 0.649 bits per heavy atom. The largest absolute Gasteiger partial charge is 0.393 e. The van der Waals surface area contributed by atoms with Gasteiger partial charge in [0, 0.05) is 77.0 Å². The summed E-state index contributed by atoms with van der Waals surface area (Å²) in [6.07, 6.45) is 11.1. The van der Waals surface area contributed by atoms with E-state index in [4.69, 9.17) is 18.0 Å². The predicted octanol–water partition coefficient (Wildman–Crippen LogP) is 5.93. The molecule has 4 aliphatic carbocycles. The van der Waals surface area contributed by atoms with E-state index in [1.165, 1.54) is 54.8 Å². The highest BCUT2D eigenvalue weighted by molar-refractivity contribution is 14.1. The monoisotopic (exact) mass is 1460 g/mol. The molecule has 2 heterocycles. The number of nitrogens with zero attached hydrogens (tertiary/aromatic N) is 7. The van der Waals surface area contributed by atoms with Crippen LogP contribution in [0.25, 0.3) is 0 Å².